The Kier molecular flexibility index (Phi) is 3.85. The second-order valence-electron chi connectivity index (χ2n) is 4.83. The van der Waals surface area contributed by atoms with Crippen LogP contribution in [0.1, 0.15) is 41.4 Å². The van der Waals surface area contributed by atoms with Crippen LogP contribution in [-0.4, -0.2) is 21.3 Å². The van der Waals surface area contributed by atoms with Gasteiger partial charge < -0.3 is 14.7 Å². The quantitative estimate of drug-likeness (QED) is 0.884. The van der Waals surface area contributed by atoms with Crippen LogP contribution >= 0.6 is 15.9 Å². The molecule has 0 fully saturated rings. The third-order valence-electron chi connectivity index (χ3n) is 3.12. The summed E-state index contributed by atoms with van der Waals surface area (Å²) >= 11 is 3.44. The number of rotatable bonds is 3. The smallest absolute Gasteiger partial charge is 0.358 e. The lowest BCUT2D eigenvalue weighted by Crippen LogP contribution is -1.95. The van der Waals surface area contributed by atoms with Gasteiger partial charge in [-0.2, -0.15) is 0 Å². The number of carboxylic acids is 1. The van der Waals surface area contributed by atoms with E-state index in [0.29, 0.717) is 5.56 Å². The Labute approximate surface area is 124 Å². The molecule has 1 aromatic heterocycles. The molecule has 20 heavy (non-hydrogen) atoms. The molecule has 106 valence electrons. The van der Waals surface area contributed by atoms with Crippen LogP contribution in [0.3, 0.4) is 0 Å². The normalized spacial score (nSPS) is 11.1. The molecule has 0 radical (unpaired) electrons. The number of aromatic hydroxyl groups is 1. The van der Waals surface area contributed by atoms with Gasteiger partial charge in [0.15, 0.2) is 11.5 Å². The monoisotopic (exact) mass is 339 g/mol. The summed E-state index contributed by atoms with van der Waals surface area (Å²) in [7, 11) is 0. The third kappa shape index (κ3) is 2.43. The lowest BCUT2D eigenvalue weighted by atomic mass is 9.95. The highest BCUT2D eigenvalue weighted by Crippen LogP contribution is 2.42. The number of aromatic nitrogens is 1. The minimum Gasteiger partial charge on any atom is -0.507 e. The molecule has 2 aromatic rings. The van der Waals surface area contributed by atoms with Gasteiger partial charge in [0.1, 0.15) is 5.75 Å². The van der Waals surface area contributed by atoms with Gasteiger partial charge in [-0.15, -0.1) is 0 Å². The standard InChI is InChI=1S/C14H14BrNO4/c1-6(2)8-4-9(15)7(3)12(13(8)17)11-5-10(14(18)19)16-20-11/h4-6,17H,1-3H3,(H,18,19). The summed E-state index contributed by atoms with van der Waals surface area (Å²) in [5.41, 5.74) is 1.79. The van der Waals surface area contributed by atoms with Crippen molar-refractivity contribution in [2.75, 3.05) is 0 Å². The molecule has 0 saturated carbocycles. The zero-order chi connectivity index (χ0) is 15.0. The molecule has 0 unspecified atom stereocenters. The number of halogens is 1. The van der Waals surface area contributed by atoms with E-state index in [1.807, 2.05) is 26.8 Å². The van der Waals surface area contributed by atoms with Crippen molar-refractivity contribution < 1.29 is 19.5 Å². The van der Waals surface area contributed by atoms with Crippen LogP contribution in [0.15, 0.2) is 21.1 Å². The molecule has 0 bridgehead atoms. The Balaban J connectivity index is 2.68. The number of phenols is 1. The Morgan fingerprint density at radius 3 is 2.55 bits per heavy atom. The predicted molar refractivity (Wildman–Crippen MR) is 77.1 cm³/mol. The van der Waals surface area contributed by atoms with Gasteiger partial charge in [-0.3, -0.25) is 0 Å². The van der Waals surface area contributed by atoms with Crippen molar-refractivity contribution in [3.63, 3.8) is 0 Å². The van der Waals surface area contributed by atoms with Crippen molar-refractivity contribution in [1.29, 1.82) is 0 Å². The second kappa shape index (κ2) is 5.28. The van der Waals surface area contributed by atoms with E-state index in [1.54, 1.807) is 0 Å². The lowest BCUT2D eigenvalue weighted by Gasteiger charge is -2.15. The highest BCUT2D eigenvalue weighted by atomic mass is 79.9. The Morgan fingerprint density at radius 1 is 1.40 bits per heavy atom. The topological polar surface area (TPSA) is 83.6 Å². The maximum Gasteiger partial charge on any atom is 0.358 e. The minimum atomic E-state index is -1.17. The fourth-order valence-electron chi connectivity index (χ4n) is 1.99. The van der Waals surface area contributed by atoms with E-state index < -0.39 is 5.97 Å². The molecule has 0 aliphatic carbocycles. The number of carboxylic acid groups (broad SMARTS) is 1. The number of carbonyl (C=O) groups is 1. The Bertz CT molecular complexity index is 676. The fraction of sp³-hybridized carbons (Fsp3) is 0.286. The first-order valence-electron chi connectivity index (χ1n) is 6.05. The zero-order valence-corrected chi connectivity index (χ0v) is 12.9. The van der Waals surface area contributed by atoms with E-state index in [-0.39, 0.29) is 23.1 Å². The van der Waals surface area contributed by atoms with Gasteiger partial charge in [-0.1, -0.05) is 34.9 Å². The van der Waals surface area contributed by atoms with Crippen molar-refractivity contribution in [2.45, 2.75) is 26.7 Å². The number of phenolic OH excluding ortho intramolecular Hbond substituents is 1. The van der Waals surface area contributed by atoms with Gasteiger partial charge in [-0.05, 0) is 30.0 Å². The third-order valence-corrected chi connectivity index (χ3v) is 3.95. The molecule has 0 aliphatic heterocycles. The molecule has 2 N–H and O–H groups in total. The molecule has 2 rings (SSSR count). The second-order valence-corrected chi connectivity index (χ2v) is 5.69. The highest BCUT2D eigenvalue weighted by molar-refractivity contribution is 9.10. The van der Waals surface area contributed by atoms with Crippen molar-refractivity contribution >= 4 is 21.9 Å². The van der Waals surface area contributed by atoms with Crippen LogP contribution in [-0.2, 0) is 0 Å². The van der Waals surface area contributed by atoms with Gasteiger partial charge in [-0.25, -0.2) is 4.79 Å². The number of benzene rings is 1. The summed E-state index contributed by atoms with van der Waals surface area (Å²) in [4.78, 5) is 10.9. The lowest BCUT2D eigenvalue weighted by molar-refractivity contribution is 0.0686. The first-order chi connectivity index (χ1) is 9.32. The maximum atomic E-state index is 10.9. The van der Waals surface area contributed by atoms with Crippen molar-refractivity contribution in [3.8, 4) is 17.1 Å². The van der Waals surface area contributed by atoms with Crippen LogP contribution in [0.2, 0.25) is 0 Å². The molecule has 0 amide bonds. The van der Waals surface area contributed by atoms with Gasteiger partial charge in [0.05, 0.1) is 5.56 Å². The molecule has 0 atom stereocenters. The zero-order valence-electron chi connectivity index (χ0n) is 11.3. The number of nitrogens with zero attached hydrogens (tertiary/aromatic N) is 1. The van der Waals surface area contributed by atoms with Crippen molar-refractivity contribution in [1.82, 2.24) is 5.16 Å². The summed E-state index contributed by atoms with van der Waals surface area (Å²) in [5, 5.41) is 22.8. The number of hydrogen-bond acceptors (Lipinski definition) is 4. The number of aromatic carboxylic acids is 1. The Morgan fingerprint density at radius 2 is 2.05 bits per heavy atom. The van der Waals surface area contributed by atoms with Crippen LogP contribution in [0.4, 0.5) is 0 Å². The highest BCUT2D eigenvalue weighted by Gasteiger charge is 2.21. The van der Waals surface area contributed by atoms with E-state index in [2.05, 4.69) is 21.1 Å². The van der Waals surface area contributed by atoms with Crippen molar-refractivity contribution in [2.24, 2.45) is 0 Å². The summed E-state index contributed by atoms with van der Waals surface area (Å²) in [6.07, 6.45) is 0. The summed E-state index contributed by atoms with van der Waals surface area (Å²) in [5.74, 6) is -0.724. The molecular formula is C14H14BrNO4. The minimum absolute atomic E-state index is 0.0915. The predicted octanol–water partition coefficient (Wildman–Crippen LogP) is 3.94. The summed E-state index contributed by atoms with van der Waals surface area (Å²) in [6.45, 7) is 5.74. The summed E-state index contributed by atoms with van der Waals surface area (Å²) in [6, 6.07) is 3.16. The SMILES string of the molecule is Cc1c(Br)cc(C(C)C)c(O)c1-c1cc(C(=O)O)no1. The van der Waals surface area contributed by atoms with Crippen molar-refractivity contribution in [3.05, 3.63) is 33.4 Å². The van der Waals surface area contributed by atoms with E-state index in [1.165, 1.54) is 6.07 Å². The van der Waals surface area contributed by atoms with Crippen LogP contribution in [0.25, 0.3) is 11.3 Å². The maximum absolute atomic E-state index is 10.9. The van der Waals surface area contributed by atoms with Crippen LogP contribution in [0.5, 0.6) is 5.75 Å². The molecule has 1 aromatic carbocycles. The number of hydrogen-bond donors (Lipinski definition) is 2. The first-order valence-corrected chi connectivity index (χ1v) is 6.84. The average Bonchev–Trinajstić information content (AvgIpc) is 2.83. The van der Waals surface area contributed by atoms with Gasteiger partial charge in [0.2, 0.25) is 0 Å². The fourth-order valence-corrected chi connectivity index (χ4v) is 2.43. The largest absolute Gasteiger partial charge is 0.507 e. The first kappa shape index (κ1) is 14.6. The van der Waals surface area contributed by atoms with Crippen LogP contribution in [0, 0.1) is 6.92 Å². The molecule has 0 spiro atoms. The molecule has 1 heterocycles. The van der Waals surface area contributed by atoms with E-state index in [9.17, 15) is 9.90 Å². The van der Waals surface area contributed by atoms with E-state index in [0.717, 1.165) is 15.6 Å². The van der Waals surface area contributed by atoms with E-state index in [4.69, 9.17) is 9.63 Å². The van der Waals surface area contributed by atoms with E-state index >= 15 is 0 Å². The molecular weight excluding hydrogens is 326 g/mol. The van der Waals surface area contributed by atoms with Crippen LogP contribution < -0.4 is 0 Å². The molecule has 0 aliphatic rings. The molecule has 0 saturated heterocycles. The van der Waals surface area contributed by atoms with Gasteiger partial charge in [0, 0.05) is 10.5 Å². The Hall–Kier alpha value is -1.82. The summed E-state index contributed by atoms with van der Waals surface area (Å²) < 4.78 is 5.87. The molecule has 6 heteroatoms. The average molecular weight is 340 g/mol. The van der Waals surface area contributed by atoms with Gasteiger partial charge >= 0.3 is 5.97 Å². The van der Waals surface area contributed by atoms with Gasteiger partial charge in [0.25, 0.3) is 0 Å². The molecule has 5 nitrogen and oxygen atoms in total.